The van der Waals surface area contributed by atoms with Gasteiger partial charge in [-0.2, -0.15) is 5.10 Å². The molecular formula is C18H23N5O4. The van der Waals surface area contributed by atoms with E-state index in [1.807, 2.05) is 6.92 Å². The van der Waals surface area contributed by atoms with Crippen LogP contribution < -0.4 is 4.90 Å². The van der Waals surface area contributed by atoms with E-state index in [9.17, 15) is 20.0 Å². The Hall–Kier alpha value is -2.97. The number of nitrogens with zero attached hydrogens (tertiary/aromatic N) is 5. The van der Waals surface area contributed by atoms with Gasteiger partial charge in [-0.25, -0.2) is 9.78 Å². The molecule has 1 saturated carbocycles. The summed E-state index contributed by atoms with van der Waals surface area (Å²) >= 11 is 0. The molecule has 27 heavy (non-hydrogen) atoms. The molecule has 0 aromatic carbocycles. The SMILES string of the molecule is Cc1nc(-c2cnn(C)c2N(C(=O)O)[C@H](C)C2CCCC2)ccc1[N+](=O)[O-]. The lowest BCUT2D eigenvalue weighted by molar-refractivity contribution is -0.385. The van der Waals surface area contributed by atoms with Gasteiger partial charge in [-0.1, -0.05) is 12.8 Å². The van der Waals surface area contributed by atoms with E-state index in [-0.39, 0.29) is 17.4 Å². The van der Waals surface area contributed by atoms with Gasteiger partial charge in [0.25, 0.3) is 5.69 Å². The van der Waals surface area contributed by atoms with E-state index in [0.29, 0.717) is 23.0 Å². The highest BCUT2D eigenvalue weighted by molar-refractivity contribution is 5.91. The lowest BCUT2D eigenvalue weighted by Crippen LogP contribution is -2.43. The summed E-state index contributed by atoms with van der Waals surface area (Å²) in [6.45, 7) is 3.49. The van der Waals surface area contributed by atoms with Crippen LogP contribution in [0.25, 0.3) is 11.3 Å². The van der Waals surface area contributed by atoms with Crippen molar-refractivity contribution in [2.24, 2.45) is 13.0 Å². The summed E-state index contributed by atoms with van der Waals surface area (Å²) in [5.41, 5.74) is 1.21. The van der Waals surface area contributed by atoms with Crippen LogP contribution in [0.5, 0.6) is 0 Å². The molecule has 1 aliphatic rings. The lowest BCUT2D eigenvalue weighted by Gasteiger charge is -2.31. The fraction of sp³-hybridized carbons (Fsp3) is 0.500. The Balaban J connectivity index is 2.06. The molecule has 0 aliphatic heterocycles. The van der Waals surface area contributed by atoms with Crippen LogP contribution in [-0.2, 0) is 7.05 Å². The smallest absolute Gasteiger partial charge is 0.413 e. The molecule has 2 aromatic rings. The van der Waals surface area contributed by atoms with Gasteiger partial charge in [0.1, 0.15) is 11.5 Å². The molecule has 144 valence electrons. The summed E-state index contributed by atoms with van der Waals surface area (Å²) in [5, 5.41) is 25.2. The Morgan fingerprint density at radius 3 is 2.63 bits per heavy atom. The van der Waals surface area contributed by atoms with Gasteiger partial charge in [0, 0.05) is 19.2 Å². The molecule has 0 unspecified atom stereocenters. The molecule has 2 aromatic heterocycles. The van der Waals surface area contributed by atoms with Crippen molar-refractivity contribution in [3.8, 4) is 11.3 Å². The summed E-state index contributed by atoms with van der Waals surface area (Å²) in [6, 6.07) is 2.73. The summed E-state index contributed by atoms with van der Waals surface area (Å²) in [7, 11) is 1.69. The molecule has 0 radical (unpaired) electrons. The van der Waals surface area contributed by atoms with Crippen molar-refractivity contribution >= 4 is 17.6 Å². The Labute approximate surface area is 156 Å². The number of carbonyl (C=O) groups is 1. The topological polar surface area (TPSA) is 114 Å². The predicted molar refractivity (Wildman–Crippen MR) is 99.8 cm³/mol. The summed E-state index contributed by atoms with van der Waals surface area (Å²) in [4.78, 5) is 28.4. The molecule has 0 spiro atoms. The number of hydrogen-bond acceptors (Lipinski definition) is 5. The highest BCUT2D eigenvalue weighted by Crippen LogP contribution is 2.36. The quantitative estimate of drug-likeness (QED) is 0.630. The number of hydrogen-bond donors (Lipinski definition) is 1. The number of rotatable bonds is 5. The van der Waals surface area contributed by atoms with E-state index in [0.717, 1.165) is 25.7 Å². The maximum absolute atomic E-state index is 12.1. The van der Waals surface area contributed by atoms with Crippen molar-refractivity contribution in [3.63, 3.8) is 0 Å². The van der Waals surface area contributed by atoms with Crippen molar-refractivity contribution in [1.82, 2.24) is 14.8 Å². The first-order chi connectivity index (χ1) is 12.8. The Morgan fingerprint density at radius 2 is 2.07 bits per heavy atom. The van der Waals surface area contributed by atoms with E-state index in [1.54, 1.807) is 20.2 Å². The first-order valence-electron chi connectivity index (χ1n) is 8.97. The molecule has 1 N–H and O–H groups in total. The summed E-state index contributed by atoms with van der Waals surface area (Å²) in [5.74, 6) is 0.734. The summed E-state index contributed by atoms with van der Waals surface area (Å²) < 4.78 is 1.52. The predicted octanol–water partition coefficient (Wildman–Crippen LogP) is 3.76. The van der Waals surface area contributed by atoms with Crippen LogP contribution in [0.15, 0.2) is 18.3 Å². The minimum absolute atomic E-state index is 0.0707. The molecule has 1 atom stereocenters. The fourth-order valence-corrected chi connectivity index (χ4v) is 3.90. The molecule has 0 saturated heterocycles. The van der Waals surface area contributed by atoms with Gasteiger partial charge in [-0.3, -0.25) is 19.7 Å². The van der Waals surface area contributed by atoms with Crippen LogP contribution in [0.4, 0.5) is 16.3 Å². The lowest BCUT2D eigenvalue weighted by atomic mass is 9.98. The average Bonchev–Trinajstić information content (AvgIpc) is 3.25. The van der Waals surface area contributed by atoms with Crippen LogP contribution in [-0.4, -0.2) is 36.9 Å². The monoisotopic (exact) mass is 373 g/mol. The number of amides is 1. The van der Waals surface area contributed by atoms with Crippen LogP contribution in [0.2, 0.25) is 0 Å². The van der Waals surface area contributed by atoms with Crippen molar-refractivity contribution in [2.75, 3.05) is 4.90 Å². The van der Waals surface area contributed by atoms with Crippen LogP contribution in [0.3, 0.4) is 0 Å². The van der Waals surface area contributed by atoms with E-state index in [1.165, 1.54) is 21.7 Å². The Bertz CT molecular complexity index is 873. The van der Waals surface area contributed by atoms with Crippen molar-refractivity contribution in [3.05, 3.63) is 34.1 Å². The third-order valence-corrected chi connectivity index (χ3v) is 5.36. The Morgan fingerprint density at radius 1 is 1.41 bits per heavy atom. The minimum atomic E-state index is -1.04. The molecule has 2 heterocycles. The second kappa shape index (κ2) is 7.34. The van der Waals surface area contributed by atoms with Gasteiger partial charge >= 0.3 is 6.09 Å². The maximum Gasteiger partial charge on any atom is 0.413 e. The number of aromatic nitrogens is 3. The van der Waals surface area contributed by atoms with Crippen molar-refractivity contribution < 1.29 is 14.8 Å². The number of anilines is 1. The van der Waals surface area contributed by atoms with Crippen LogP contribution in [0.1, 0.15) is 38.3 Å². The van der Waals surface area contributed by atoms with Gasteiger partial charge in [0.2, 0.25) is 0 Å². The second-order valence-electron chi connectivity index (χ2n) is 7.00. The maximum atomic E-state index is 12.1. The van der Waals surface area contributed by atoms with Gasteiger partial charge < -0.3 is 5.11 Å². The van der Waals surface area contributed by atoms with Crippen LogP contribution >= 0.6 is 0 Å². The number of pyridine rings is 1. The molecule has 9 heteroatoms. The highest BCUT2D eigenvalue weighted by atomic mass is 16.6. The molecule has 1 amide bonds. The normalized spacial score (nSPS) is 15.7. The second-order valence-corrected chi connectivity index (χ2v) is 7.00. The van der Waals surface area contributed by atoms with Crippen molar-refractivity contribution in [2.45, 2.75) is 45.6 Å². The number of aryl methyl sites for hydroxylation is 2. The van der Waals surface area contributed by atoms with E-state index in [4.69, 9.17) is 0 Å². The fourth-order valence-electron chi connectivity index (χ4n) is 3.90. The van der Waals surface area contributed by atoms with E-state index in [2.05, 4.69) is 10.1 Å². The van der Waals surface area contributed by atoms with Gasteiger partial charge in [-0.05, 0) is 38.7 Å². The minimum Gasteiger partial charge on any atom is -0.465 e. The zero-order chi connectivity index (χ0) is 19.7. The third-order valence-electron chi connectivity index (χ3n) is 5.36. The van der Waals surface area contributed by atoms with Crippen LogP contribution in [0, 0.1) is 23.0 Å². The van der Waals surface area contributed by atoms with Gasteiger partial charge in [0.05, 0.1) is 22.4 Å². The average molecular weight is 373 g/mol. The first-order valence-corrected chi connectivity index (χ1v) is 8.97. The number of carboxylic acid groups (broad SMARTS) is 1. The van der Waals surface area contributed by atoms with E-state index >= 15 is 0 Å². The van der Waals surface area contributed by atoms with Crippen molar-refractivity contribution in [1.29, 1.82) is 0 Å². The molecule has 0 bridgehead atoms. The first kappa shape index (κ1) is 18.8. The highest BCUT2D eigenvalue weighted by Gasteiger charge is 2.34. The molecular weight excluding hydrogens is 350 g/mol. The molecule has 9 nitrogen and oxygen atoms in total. The number of nitro groups is 1. The standard InChI is InChI=1S/C18H23N5O4/c1-11-16(23(26)27)9-8-15(20-11)14-10-19-21(3)17(14)22(18(24)25)12(2)13-6-4-5-7-13/h8-10,12-13H,4-7H2,1-3H3,(H,24,25)/t12-/m1/s1. The molecule has 1 aliphatic carbocycles. The largest absolute Gasteiger partial charge is 0.465 e. The third kappa shape index (κ3) is 3.49. The molecule has 1 fully saturated rings. The van der Waals surface area contributed by atoms with Gasteiger partial charge in [-0.15, -0.1) is 0 Å². The summed E-state index contributed by atoms with van der Waals surface area (Å²) in [6.07, 6.45) is 4.76. The molecule has 3 rings (SSSR count). The Kier molecular flexibility index (Phi) is 5.11. The zero-order valence-electron chi connectivity index (χ0n) is 15.6. The van der Waals surface area contributed by atoms with E-state index < -0.39 is 11.0 Å². The zero-order valence-corrected chi connectivity index (χ0v) is 15.6. The van der Waals surface area contributed by atoms with Gasteiger partial charge in [0.15, 0.2) is 0 Å².